The van der Waals surface area contributed by atoms with Gasteiger partial charge in [0.05, 0.1) is 0 Å². The highest BCUT2D eigenvalue weighted by Crippen LogP contribution is 2.23. The van der Waals surface area contributed by atoms with Gasteiger partial charge in [-0.1, -0.05) is 20.8 Å². The third-order valence-corrected chi connectivity index (χ3v) is 3.17. The normalized spacial score (nSPS) is 24.7. The molecule has 2 atom stereocenters. The van der Waals surface area contributed by atoms with Crippen molar-refractivity contribution in [1.29, 1.82) is 0 Å². The van der Waals surface area contributed by atoms with E-state index in [0.29, 0.717) is 5.92 Å². The lowest BCUT2D eigenvalue weighted by Crippen LogP contribution is -2.27. The molecular weight excluding hydrogens is 188 g/mol. The lowest BCUT2D eigenvalue weighted by Gasteiger charge is -2.19. The van der Waals surface area contributed by atoms with Crippen LogP contribution in [0.25, 0.3) is 0 Å². The van der Waals surface area contributed by atoms with Crippen molar-refractivity contribution in [2.75, 3.05) is 19.6 Å². The summed E-state index contributed by atoms with van der Waals surface area (Å²) in [5, 5.41) is 0. The first-order chi connectivity index (χ1) is 6.99. The minimum Gasteiger partial charge on any atom is -0.369 e. The summed E-state index contributed by atoms with van der Waals surface area (Å²) in [6.45, 7) is 9.96. The Balaban J connectivity index is 2.27. The number of nitrogens with two attached hydrogens (primary N) is 1. The molecule has 1 heterocycles. The van der Waals surface area contributed by atoms with Crippen molar-refractivity contribution in [2.45, 2.75) is 33.6 Å². The van der Waals surface area contributed by atoms with Crippen LogP contribution in [-0.4, -0.2) is 30.4 Å². The molecule has 0 radical (unpaired) electrons. The van der Waals surface area contributed by atoms with Gasteiger partial charge in [0.2, 0.25) is 5.91 Å². The molecule has 2 N–H and O–H groups in total. The number of carbonyl (C=O) groups is 1. The first kappa shape index (κ1) is 12.5. The average Bonchev–Trinajstić information content (AvgIpc) is 2.51. The van der Waals surface area contributed by atoms with Gasteiger partial charge in [0.15, 0.2) is 0 Å². The molecule has 0 bridgehead atoms. The minimum absolute atomic E-state index is 0.0361. The molecule has 0 aromatic heterocycles. The highest BCUT2D eigenvalue weighted by molar-refractivity contribution is 5.76. The fourth-order valence-corrected chi connectivity index (χ4v) is 2.40. The summed E-state index contributed by atoms with van der Waals surface area (Å²) in [6, 6.07) is 0. The van der Waals surface area contributed by atoms with Crippen LogP contribution in [0.5, 0.6) is 0 Å². The Bertz CT molecular complexity index is 216. The molecule has 0 saturated carbocycles. The van der Waals surface area contributed by atoms with Gasteiger partial charge in [0.25, 0.3) is 0 Å². The van der Waals surface area contributed by atoms with Crippen LogP contribution in [0.2, 0.25) is 0 Å². The van der Waals surface area contributed by atoms with Gasteiger partial charge in [-0.15, -0.1) is 0 Å². The second-order valence-electron chi connectivity index (χ2n) is 5.35. The molecule has 1 aliphatic heterocycles. The number of nitrogens with zero attached hydrogens (tertiary/aromatic N) is 1. The fraction of sp³-hybridized carbons (Fsp3) is 0.917. The number of hydrogen-bond acceptors (Lipinski definition) is 2. The second-order valence-corrected chi connectivity index (χ2v) is 5.35. The van der Waals surface area contributed by atoms with Crippen LogP contribution >= 0.6 is 0 Å². The lowest BCUT2D eigenvalue weighted by atomic mass is 9.95. The van der Waals surface area contributed by atoms with Crippen molar-refractivity contribution < 1.29 is 4.79 Å². The van der Waals surface area contributed by atoms with Gasteiger partial charge in [0.1, 0.15) is 0 Å². The monoisotopic (exact) mass is 212 g/mol. The molecule has 1 amide bonds. The number of hydrogen-bond donors (Lipinski definition) is 1. The number of rotatable bonds is 5. The standard InChI is InChI=1S/C12H24N2O/c1-9(2)7-14-5-4-11(8-14)6-10(3)12(13)15/h9-11H,4-8H2,1-3H3,(H2,13,15). The highest BCUT2D eigenvalue weighted by Gasteiger charge is 2.25. The SMILES string of the molecule is CC(C)CN1CCC(CC(C)C(N)=O)C1. The van der Waals surface area contributed by atoms with Gasteiger partial charge >= 0.3 is 0 Å². The van der Waals surface area contributed by atoms with Crippen molar-refractivity contribution in [1.82, 2.24) is 4.90 Å². The highest BCUT2D eigenvalue weighted by atomic mass is 16.1. The van der Waals surface area contributed by atoms with Gasteiger partial charge in [-0.05, 0) is 31.2 Å². The van der Waals surface area contributed by atoms with Gasteiger partial charge in [0, 0.05) is 19.0 Å². The largest absolute Gasteiger partial charge is 0.369 e. The third-order valence-electron chi connectivity index (χ3n) is 3.17. The van der Waals surface area contributed by atoms with E-state index < -0.39 is 0 Å². The molecule has 0 aromatic rings. The van der Waals surface area contributed by atoms with Gasteiger partial charge in [-0.2, -0.15) is 0 Å². The van der Waals surface area contributed by atoms with Crippen LogP contribution in [0, 0.1) is 17.8 Å². The Labute approximate surface area is 93.0 Å². The van der Waals surface area contributed by atoms with Crippen LogP contribution in [0.1, 0.15) is 33.6 Å². The van der Waals surface area contributed by atoms with E-state index in [-0.39, 0.29) is 11.8 Å². The van der Waals surface area contributed by atoms with E-state index in [0.717, 1.165) is 18.9 Å². The summed E-state index contributed by atoms with van der Waals surface area (Å²) in [7, 11) is 0. The molecule has 0 aromatic carbocycles. The Morgan fingerprint density at radius 3 is 2.67 bits per heavy atom. The molecule has 3 heteroatoms. The predicted octanol–water partition coefficient (Wildman–Crippen LogP) is 1.48. The van der Waals surface area contributed by atoms with Crippen molar-refractivity contribution >= 4 is 5.91 Å². The maximum atomic E-state index is 11.0. The first-order valence-corrected chi connectivity index (χ1v) is 6.00. The maximum absolute atomic E-state index is 11.0. The van der Waals surface area contributed by atoms with E-state index in [1.54, 1.807) is 0 Å². The Morgan fingerprint density at radius 1 is 1.47 bits per heavy atom. The van der Waals surface area contributed by atoms with Crippen LogP contribution in [0.15, 0.2) is 0 Å². The maximum Gasteiger partial charge on any atom is 0.220 e. The summed E-state index contributed by atoms with van der Waals surface area (Å²) < 4.78 is 0. The average molecular weight is 212 g/mol. The van der Waals surface area contributed by atoms with E-state index in [9.17, 15) is 4.79 Å². The number of carbonyl (C=O) groups excluding carboxylic acids is 1. The molecule has 0 spiro atoms. The quantitative estimate of drug-likeness (QED) is 0.750. The van der Waals surface area contributed by atoms with Crippen molar-refractivity contribution in [3.05, 3.63) is 0 Å². The molecule has 1 rings (SSSR count). The fourth-order valence-electron chi connectivity index (χ4n) is 2.40. The Kier molecular flexibility index (Phi) is 4.58. The smallest absolute Gasteiger partial charge is 0.220 e. The molecule has 15 heavy (non-hydrogen) atoms. The summed E-state index contributed by atoms with van der Waals surface area (Å²) in [5.74, 6) is 1.29. The van der Waals surface area contributed by atoms with Gasteiger partial charge in [-0.3, -0.25) is 4.79 Å². The van der Waals surface area contributed by atoms with Crippen LogP contribution in [0.4, 0.5) is 0 Å². The van der Waals surface area contributed by atoms with Crippen LogP contribution in [-0.2, 0) is 4.79 Å². The first-order valence-electron chi connectivity index (χ1n) is 6.00. The zero-order valence-corrected chi connectivity index (χ0v) is 10.2. The zero-order valence-electron chi connectivity index (χ0n) is 10.2. The summed E-state index contributed by atoms with van der Waals surface area (Å²) in [6.07, 6.45) is 2.19. The summed E-state index contributed by atoms with van der Waals surface area (Å²) >= 11 is 0. The van der Waals surface area contributed by atoms with E-state index in [1.165, 1.54) is 19.5 Å². The van der Waals surface area contributed by atoms with E-state index >= 15 is 0 Å². The zero-order chi connectivity index (χ0) is 11.4. The third kappa shape index (κ3) is 4.20. The molecule has 1 fully saturated rings. The molecule has 2 unspecified atom stereocenters. The molecule has 0 aliphatic carbocycles. The van der Waals surface area contributed by atoms with Crippen LogP contribution in [0.3, 0.4) is 0 Å². The number of likely N-dealkylation sites (tertiary alicyclic amines) is 1. The number of primary amides is 1. The van der Waals surface area contributed by atoms with E-state index in [2.05, 4.69) is 18.7 Å². The molecule has 1 saturated heterocycles. The molecule has 1 aliphatic rings. The minimum atomic E-state index is -0.155. The topological polar surface area (TPSA) is 46.3 Å². The molecule has 88 valence electrons. The second kappa shape index (κ2) is 5.50. The van der Waals surface area contributed by atoms with Crippen molar-refractivity contribution in [2.24, 2.45) is 23.5 Å². The molecular formula is C12H24N2O. The van der Waals surface area contributed by atoms with Gasteiger partial charge < -0.3 is 10.6 Å². The molecule has 3 nitrogen and oxygen atoms in total. The van der Waals surface area contributed by atoms with Crippen molar-refractivity contribution in [3.63, 3.8) is 0 Å². The van der Waals surface area contributed by atoms with Crippen molar-refractivity contribution in [3.8, 4) is 0 Å². The number of amides is 1. The summed E-state index contributed by atoms with van der Waals surface area (Å²) in [4.78, 5) is 13.5. The Morgan fingerprint density at radius 2 is 2.13 bits per heavy atom. The lowest BCUT2D eigenvalue weighted by molar-refractivity contribution is -0.121. The summed E-state index contributed by atoms with van der Waals surface area (Å²) in [5.41, 5.74) is 5.28. The predicted molar refractivity (Wildman–Crippen MR) is 62.4 cm³/mol. The van der Waals surface area contributed by atoms with E-state index in [1.807, 2.05) is 6.92 Å². The van der Waals surface area contributed by atoms with Crippen LogP contribution < -0.4 is 5.73 Å². The Hall–Kier alpha value is -0.570. The van der Waals surface area contributed by atoms with Gasteiger partial charge in [-0.25, -0.2) is 0 Å². The van der Waals surface area contributed by atoms with E-state index in [4.69, 9.17) is 5.73 Å².